The van der Waals surface area contributed by atoms with E-state index in [0.29, 0.717) is 5.37 Å². The molecule has 3 rings (SSSR count). The Morgan fingerprint density at radius 2 is 2.18 bits per heavy atom. The molecule has 1 saturated heterocycles. The monoisotopic (exact) mass is 332 g/mol. The second-order valence-corrected chi connectivity index (χ2v) is 7.59. The molecule has 116 valence electrons. The Hall–Kier alpha value is -1.17. The van der Waals surface area contributed by atoms with Crippen molar-refractivity contribution in [3.63, 3.8) is 0 Å². The third kappa shape index (κ3) is 2.73. The second kappa shape index (κ2) is 6.52. The number of ketones is 1. The quantitative estimate of drug-likeness (QED) is 0.838. The summed E-state index contributed by atoms with van der Waals surface area (Å²) in [6.45, 7) is 5.80. The lowest BCUT2D eigenvalue weighted by molar-refractivity contribution is -0.115. The van der Waals surface area contributed by atoms with Crippen LogP contribution in [-0.2, 0) is 4.79 Å². The second-order valence-electron chi connectivity index (χ2n) is 5.44. The molecular weight excluding hydrogens is 312 g/mol. The van der Waals surface area contributed by atoms with E-state index < -0.39 is 0 Å². The summed E-state index contributed by atoms with van der Waals surface area (Å²) < 4.78 is 0. The van der Waals surface area contributed by atoms with E-state index >= 15 is 0 Å². The lowest BCUT2D eigenvalue weighted by Crippen LogP contribution is -2.62. The summed E-state index contributed by atoms with van der Waals surface area (Å²) in [7, 11) is 1.95. The van der Waals surface area contributed by atoms with Crippen molar-refractivity contribution in [3.05, 3.63) is 53.9 Å². The number of rotatable bonds is 5. The Kier molecular flexibility index (Phi) is 4.66. The highest BCUT2D eigenvalue weighted by Crippen LogP contribution is 2.45. The molecule has 0 aromatic heterocycles. The predicted octanol–water partition coefficient (Wildman–Crippen LogP) is 3.11. The predicted molar refractivity (Wildman–Crippen MR) is 94.9 cm³/mol. The lowest BCUT2D eigenvalue weighted by atomic mass is 9.99. The van der Waals surface area contributed by atoms with Gasteiger partial charge in [0.25, 0.3) is 0 Å². The number of hydrogen-bond acceptors (Lipinski definition) is 5. The van der Waals surface area contributed by atoms with Gasteiger partial charge in [-0.1, -0.05) is 24.8 Å². The molecule has 3 nitrogen and oxygen atoms in total. The summed E-state index contributed by atoms with van der Waals surface area (Å²) in [6.07, 6.45) is 0. The van der Waals surface area contributed by atoms with Gasteiger partial charge >= 0.3 is 0 Å². The van der Waals surface area contributed by atoms with Crippen molar-refractivity contribution < 1.29 is 4.79 Å². The molecule has 2 aliphatic heterocycles. The molecule has 2 unspecified atom stereocenters. The van der Waals surface area contributed by atoms with Crippen LogP contribution in [0.1, 0.15) is 6.92 Å². The van der Waals surface area contributed by atoms with Crippen LogP contribution in [0.3, 0.4) is 0 Å². The number of allylic oxidation sites excluding steroid dienone is 1. The van der Waals surface area contributed by atoms with Gasteiger partial charge in [-0.05, 0) is 24.8 Å². The van der Waals surface area contributed by atoms with E-state index in [4.69, 9.17) is 0 Å². The first kappa shape index (κ1) is 15.7. The minimum Gasteiger partial charge on any atom is -0.327 e. The van der Waals surface area contributed by atoms with Crippen molar-refractivity contribution >= 4 is 29.3 Å². The van der Waals surface area contributed by atoms with E-state index in [1.54, 1.807) is 18.7 Å². The van der Waals surface area contributed by atoms with Crippen molar-refractivity contribution in [3.8, 4) is 0 Å². The van der Waals surface area contributed by atoms with Gasteiger partial charge in [0.2, 0.25) is 0 Å². The minimum atomic E-state index is 0.143. The molecule has 2 heterocycles. The molecule has 5 heteroatoms. The normalized spacial score (nSPS) is 24.1. The summed E-state index contributed by atoms with van der Waals surface area (Å²) in [4.78, 5) is 15.5. The van der Waals surface area contributed by atoms with E-state index in [-0.39, 0.29) is 11.8 Å². The minimum absolute atomic E-state index is 0.143. The maximum atomic E-state index is 12.2. The highest BCUT2D eigenvalue weighted by atomic mass is 32.2. The summed E-state index contributed by atoms with van der Waals surface area (Å²) >= 11 is 3.68. The van der Waals surface area contributed by atoms with Crippen LogP contribution in [0.5, 0.6) is 0 Å². The van der Waals surface area contributed by atoms with Gasteiger partial charge in [0.05, 0.1) is 11.7 Å². The molecule has 1 N–H and O–H groups in total. The largest absolute Gasteiger partial charge is 0.327 e. The number of benzene rings is 1. The van der Waals surface area contributed by atoms with Gasteiger partial charge in [0.15, 0.2) is 5.78 Å². The number of carbonyl (C=O) groups is 1. The van der Waals surface area contributed by atoms with Crippen LogP contribution in [0.25, 0.3) is 0 Å². The molecule has 2 atom stereocenters. The summed E-state index contributed by atoms with van der Waals surface area (Å²) in [5.74, 6) is 1.92. The van der Waals surface area contributed by atoms with Crippen LogP contribution < -0.4 is 5.32 Å². The van der Waals surface area contributed by atoms with E-state index in [9.17, 15) is 4.79 Å². The molecule has 1 aromatic rings. The summed E-state index contributed by atoms with van der Waals surface area (Å²) in [5, 5.41) is 3.59. The standard InChI is InChI=1S/C17H20N2OS2/c1-11-15(18-3)17-19(11)16(12(2)20)13(10-22-17)9-21-14-7-5-4-6-8-14/h4-8,15,17-18H,1,9-10H2,2-3H3. The van der Waals surface area contributed by atoms with E-state index in [1.165, 1.54) is 10.5 Å². The first-order valence-electron chi connectivity index (χ1n) is 7.31. The van der Waals surface area contributed by atoms with Crippen LogP contribution in [0, 0.1) is 0 Å². The lowest BCUT2D eigenvalue weighted by Gasteiger charge is -2.54. The molecular formula is C17H20N2OS2. The highest BCUT2D eigenvalue weighted by Gasteiger charge is 2.47. The molecule has 0 radical (unpaired) electrons. The Morgan fingerprint density at radius 3 is 2.82 bits per heavy atom. The highest BCUT2D eigenvalue weighted by molar-refractivity contribution is 8.01. The van der Waals surface area contributed by atoms with Crippen LogP contribution in [0.4, 0.5) is 0 Å². The third-order valence-corrected chi connectivity index (χ3v) is 6.45. The van der Waals surface area contributed by atoms with Crippen molar-refractivity contribution in [2.24, 2.45) is 0 Å². The number of thioether (sulfide) groups is 2. The number of nitrogens with zero attached hydrogens (tertiary/aromatic N) is 1. The van der Waals surface area contributed by atoms with Crippen molar-refractivity contribution in [2.75, 3.05) is 18.6 Å². The number of carbonyl (C=O) groups excluding carboxylic acids is 1. The first-order valence-corrected chi connectivity index (χ1v) is 9.34. The zero-order valence-electron chi connectivity index (χ0n) is 12.8. The molecule has 0 aliphatic carbocycles. The van der Waals surface area contributed by atoms with Gasteiger partial charge in [-0.15, -0.1) is 23.5 Å². The van der Waals surface area contributed by atoms with Crippen molar-refractivity contribution in [1.29, 1.82) is 0 Å². The maximum absolute atomic E-state index is 12.2. The number of likely N-dealkylation sites (N-methyl/N-ethyl adjacent to an activating group) is 1. The first-order chi connectivity index (χ1) is 10.6. The zero-order chi connectivity index (χ0) is 15.7. The van der Waals surface area contributed by atoms with Crippen molar-refractivity contribution in [1.82, 2.24) is 10.2 Å². The Balaban J connectivity index is 1.80. The fraction of sp³-hybridized carbons (Fsp3) is 0.353. The Labute approximate surface area is 140 Å². The van der Waals surface area contributed by atoms with Gasteiger partial charge in [-0.2, -0.15) is 0 Å². The van der Waals surface area contributed by atoms with Crippen molar-refractivity contribution in [2.45, 2.75) is 23.2 Å². The van der Waals surface area contributed by atoms with Crippen LogP contribution in [0.2, 0.25) is 0 Å². The zero-order valence-corrected chi connectivity index (χ0v) is 14.5. The Morgan fingerprint density at radius 1 is 1.45 bits per heavy atom. The average molecular weight is 332 g/mol. The molecule has 1 aromatic carbocycles. The van der Waals surface area contributed by atoms with E-state index in [0.717, 1.165) is 22.9 Å². The number of nitrogens with one attached hydrogen (secondary N) is 1. The fourth-order valence-electron chi connectivity index (χ4n) is 2.94. The SMILES string of the molecule is C=C1C(NC)C2SCC(CSc3ccccc3)=C(C(C)=O)N12. The molecule has 22 heavy (non-hydrogen) atoms. The van der Waals surface area contributed by atoms with Gasteiger partial charge in [0.1, 0.15) is 5.37 Å². The number of Topliss-reactive ketones (excluding diaryl/α,β-unsaturated/α-hetero) is 1. The van der Waals surface area contributed by atoms with Crippen LogP contribution in [-0.4, -0.2) is 40.7 Å². The van der Waals surface area contributed by atoms with E-state index in [2.05, 4.69) is 28.9 Å². The maximum Gasteiger partial charge on any atom is 0.176 e. The molecule has 1 fully saturated rings. The topological polar surface area (TPSA) is 32.3 Å². The third-order valence-electron chi connectivity index (χ3n) is 4.01. The summed E-state index contributed by atoms with van der Waals surface area (Å²) in [6, 6.07) is 10.6. The fourth-order valence-corrected chi connectivity index (χ4v) is 5.48. The Bertz CT molecular complexity index is 627. The molecule has 2 aliphatic rings. The van der Waals surface area contributed by atoms with Gasteiger partial charge < -0.3 is 10.2 Å². The van der Waals surface area contributed by atoms with Gasteiger partial charge in [-0.25, -0.2) is 0 Å². The molecule has 0 amide bonds. The molecule has 0 bridgehead atoms. The average Bonchev–Trinajstić information content (AvgIpc) is 2.53. The molecule has 0 saturated carbocycles. The van der Waals surface area contributed by atoms with Gasteiger partial charge in [-0.3, -0.25) is 4.79 Å². The number of hydrogen-bond donors (Lipinski definition) is 1. The van der Waals surface area contributed by atoms with E-state index in [1.807, 2.05) is 37.0 Å². The molecule has 0 spiro atoms. The number of fused-ring (bicyclic) bond motifs is 1. The summed E-state index contributed by atoms with van der Waals surface area (Å²) in [5.41, 5.74) is 3.09. The van der Waals surface area contributed by atoms with Crippen LogP contribution in [0.15, 0.2) is 58.8 Å². The smallest absolute Gasteiger partial charge is 0.176 e. The van der Waals surface area contributed by atoms with Gasteiger partial charge in [0, 0.05) is 29.0 Å². The van der Waals surface area contributed by atoms with Crippen LogP contribution >= 0.6 is 23.5 Å².